The minimum atomic E-state index is 0.634. The van der Waals surface area contributed by atoms with Gasteiger partial charge in [0.15, 0.2) is 10.8 Å². The first-order chi connectivity index (χ1) is 19.0. The van der Waals surface area contributed by atoms with Crippen LogP contribution in [0.15, 0.2) is 71.4 Å². The molecule has 0 amide bonds. The summed E-state index contributed by atoms with van der Waals surface area (Å²) >= 11 is 3.31. The summed E-state index contributed by atoms with van der Waals surface area (Å²) in [6.07, 6.45) is 3.18. The highest BCUT2D eigenvalue weighted by Gasteiger charge is 2.15. The Hall–Kier alpha value is -3.54. The van der Waals surface area contributed by atoms with E-state index in [1.165, 1.54) is 0 Å². The number of aromatic amines is 2. The molecule has 0 unspecified atom stereocenters. The second kappa shape index (κ2) is 12.5. The lowest BCUT2D eigenvalue weighted by atomic mass is 10.0. The summed E-state index contributed by atoms with van der Waals surface area (Å²) < 4.78 is 5.89. The fourth-order valence-electron chi connectivity index (χ4n) is 4.03. The van der Waals surface area contributed by atoms with Crippen LogP contribution in [0.5, 0.6) is 0 Å². The fourth-order valence-corrected chi connectivity index (χ4v) is 5.57. The largest absolute Gasteiger partial charge is 0.380 e. The van der Waals surface area contributed by atoms with E-state index in [9.17, 15) is 0 Å². The van der Waals surface area contributed by atoms with Crippen LogP contribution in [-0.4, -0.2) is 82.8 Å². The average Bonchev–Trinajstić information content (AvgIpc) is 3.60. The predicted octanol–water partition coefficient (Wildman–Crippen LogP) is 5.44. The highest BCUT2D eigenvalue weighted by Crippen LogP contribution is 2.34. The minimum absolute atomic E-state index is 0.634. The van der Waals surface area contributed by atoms with Gasteiger partial charge in [-0.05, 0) is 24.3 Å². The third-order valence-electron chi connectivity index (χ3n) is 6.13. The molecule has 0 saturated carbocycles. The van der Waals surface area contributed by atoms with Gasteiger partial charge in [-0.1, -0.05) is 36.0 Å². The summed E-state index contributed by atoms with van der Waals surface area (Å²) in [5.74, 6) is 1.60. The third-order valence-corrected chi connectivity index (χ3v) is 7.92. The standard InChI is InChI=1S/C28H32N8OS2/c1-35(2)21-9-5-19(6-10-21)23-24(20-7-11-22(12-8-20)36(3)4)34-28(33-23)39-16-14-37-13-15-38-27-25-26(30-17-29-25)31-18-32-27/h5-12,17-18H,13-16H2,1-4H3,(H,33,34)(H,29,30,31,32). The van der Waals surface area contributed by atoms with Gasteiger partial charge in [0.05, 0.1) is 30.9 Å². The van der Waals surface area contributed by atoms with E-state index >= 15 is 0 Å². The maximum absolute atomic E-state index is 5.89. The van der Waals surface area contributed by atoms with E-state index < -0.39 is 0 Å². The third kappa shape index (κ3) is 6.55. The van der Waals surface area contributed by atoms with Gasteiger partial charge in [-0.3, -0.25) is 0 Å². The average molecular weight is 561 g/mol. The molecule has 9 nitrogen and oxygen atoms in total. The zero-order valence-electron chi connectivity index (χ0n) is 22.5. The zero-order valence-corrected chi connectivity index (χ0v) is 24.1. The molecule has 0 radical (unpaired) electrons. The van der Waals surface area contributed by atoms with Crippen LogP contribution in [0.1, 0.15) is 0 Å². The van der Waals surface area contributed by atoms with Gasteiger partial charge in [0.1, 0.15) is 16.9 Å². The first-order valence-electron chi connectivity index (χ1n) is 12.6. The van der Waals surface area contributed by atoms with E-state index in [1.54, 1.807) is 36.2 Å². The van der Waals surface area contributed by atoms with Crippen molar-refractivity contribution in [3.8, 4) is 22.5 Å². The zero-order chi connectivity index (χ0) is 27.2. The number of ether oxygens (including phenoxy) is 1. The van der Waals surface area contributed by atoms with Crippen LogP contribution in [-0.2, 0) is 4.74 Å². The molecule has 2 aromatic carbocycles. The van der Waals surface area contributed by atoms with Crippen LogP contribution in [0.25, 0.3) is 33.7 Å². The Morgan fingerprint density at radius 2 is 1.41 bits per heavy atom. The van der Waals surface area contributed by atoms with Gasteiger partial charge >= 0.3 is 0 Å². The molecule has 0 spiro atoms. The molecule has 0 bridgehead atoms. The van der Waals surface area contributed by atoms with E-state index in [0.717, 1.165) is 61.1 Å². The van der Waals surface area contributed by atoms with Gasteiger partial charge in [-0.2, -0.15) is 0 Å². The normalized spacial score (nSPS) is 11.3. The quantitative estimate of drug-likeness (QED) is 0.117. The van der Waals surface area contributed by atoms with Crippen molar-refractivity contribution in [2.75, 3.05) is 62.7 Å². The minimum Gasteiger partial charge on any atom is -0.380 e. The molecule has 0 fully saturated rings. The molecule has 3 heterocycles. The molecule has 0 aliphatic carbocycles. The maximum atomic E-state index is 5.89. The molecular weight excluding hydrogens is 528 g/mol. The number of H-pyrrole nitrogens is 2. The van der Waals surface area contributed by atoms with Crippen LogP contribution in [0.2, 0.25) is 0 Å². The summed E-state index contributed by atoms with van der Waals surface area (Å²) in [5.41, 5.74) is 8.04. The number of aromatic nitrogens is 6. The van der Waals surface area contributed by atoms with E-state index in [0.29, 0.717) is 18.9 Å². The molecule has 0 saturated heterocycles. The summed E-state index contributed by atoms with van der Waals surface area (Å²) in [6, 6.07) is 17.1. The Labute approximate surface area is 236 Å². The van der Waals surface area contributed by atoms with Crippen molar-refractivity contribution < 1.29 is 4.74 Å². The van der Waals surface area contributed by atoms with Gasteiger partial charge in [0.25, 0.3) is 0 Å². The molecular formula is C28H32N8OS2. The van der Waals surface area contributed by atoms with Crippen molar-refractivity contribution in [3.63, 3.8) is 0 Å². The topological polar surface area (TPSA) is 98.8 Å². The van der Waals surface area contributed by atoms with Gasteiger partial charge in [-0.25, -0.2) is 19.9 Å². The first-order valence-corrected chi connectivity index (χ1v) is 14.6. The van der Waals surface area contributed by atoms with Crippen LogP contribution >= 0.6 is 23.5 Å². The predicted molar refractivity (Wildman–Crippen MR) is 162 cm³/mol. The molecule has 0 atom stereocenters. The lowest BCUT2D eigenvalue weighted by Gasteiger charge is -2.13. The number of hydrogen-bond acceptors (Lipinski definition) is 9. The molecule has 0 aliphatic heterocycles. The van der Waals surface area contributed by atoms with Gasteiger partial charge in [0, 0.05) is 62.2 Å². The molecule has 3 aromatic heterocycles. The molecule has 5 aromatic rings. The van der Waals surface area contributed by atoms with E-state index in [4.69, 9.17) is 9.72 Å². The molecule has 202 valence electrons. The number of benzene rings is 2. The highest BCUT2D eigenvalue weighted by atomic mass is 32.2. The highest BCUT2D eigenvalue weighted by molar-refractivity contribution is 7.99. The van der Waals surface area contributed by atoms with E-state index in [1.807, 2.05) is 28.2 Å². The van der Waals surface area contributed by atoms with Crippen molar-refractivity contribution in [1.82, 2.24) is 29.9 Å². The number of rotatable bonds is 12. The number of hydrogen-bond donors (Lipinski definition) is 2. The van der Waals surface area contributed by atoms with Crippen LogP contribution in [0.4, 0.5) is 11.4 Å². The van der Waals surface area contributed by atoms with Crippen molar-refractivity contribution in [1.29, 1.82) is 0 Å². The van der Waals surface area contributed by atoms with Gasteiger partial charge in [-0.15, -0.1) is 11.8 Å². The Balaban J connectivity index is 1.21. The maximum Gasteiger partial charge on any atom is 0.181 e. The second-order valence-electron chi connectivity index (χ2n) is 9.24. The summed E-state index contributed by atoms with van der Waals surface area (Å²) in [6.45, 7) is 1.27. The molecule has 2 N–H and O–H groups in total. The lowest BCUT2D eigenvalue weighted by Crippen LogP contribution is -2.08. The summed E-state index contributed by atoms with van der Waals surface area (Å²) in [5, 5.41) is 1.78. The lowest BCUT2D eigenvalue weighted by molar-refractivity contribution is 0.167. The van der Waals surface area contributed by atoms with Crippen LogP contribution in [0, 0.1) is 0 Å². The SMILES string of the molecule is CN(C)c1ccc(-c2nc(SCCOCCSc3ncnc4nc[nH]c34)[nH]c2-c2ccc(N(C)C)cc2)cc1. The smallest absolute Gasteiger partial charge is 0.181 e. The number of thioether (sulfide) groups is 2. The monoisotopic (exact) mass is 560 g/mol. The number of anilines is 2. The Morgan fingerprint density at radius 3 is 2.08 bits per heavy atom. The van der Waals surface area contributed by atoms with Crippen molar-refractivity contribution in [2.45, 2.75) is 10.2 Å². The van der Waals surface area contributed by atoms with Crippen LogP contribution < -0.4 is 9.80 Å². The fraction of sp³-hybridized carbons (Fsp3) is 0.286. The Bertz CT molecular complexity index is 1430. The van der Waals surface area contributed by atoms with Crippen molar-refractivity contribution in [3.05, 3.63) is 61.2 Å². The van der Waals surface area contributed by atoms with Crippen molar-refractivity contribution >= 4 is 46.1 Å². The van der Waals surface area contributed by atoms with Gasteiger partial charge < -0.3 is 24.5 Å². The Kier molecular flexibility index (Phi) is 8.70. The van der Waals surface area contributed by atoms with Gasteiger partial charge in [0.2, 0.25) is 0 Å². The molecule has 11 heteroatoms. The summed E-state index contributed by atoms with van der Waals surface area (Å²) in [7, 11) is 8.19. The summed E-state index contributed by atoms with van der Waals surface area (Å²) in [4.78, 5) is 28.5. The molecule has 5 rings (SSSR count). The molecule has 39 heavy (non-hydrogen) atoms. The van der Waals surface area contributed by atoms with E-state index in [2.05, 4.69) is 83.3 Å². The molecule has 0 aliphatic rings. The van der Waals surface area contributed by atoms with E-state index in [-0.39, 0.29) is 0 Å². The number of nitrogens with one attached hydrogen (secondary N) is 2. The Morgan fingerprint density at radius 1 is 0.769 bits per heavy atom. The second-order valence-corrected chi connectivity index (χ2v) is 11.4. The number of fused-ring (bicyclic) bond motifs is 1. The van der Waals surface area contributed by atoms with Crippen LogP contribution in [0.3, 0.4) is 0 Å². The van der Waals surface area contributed by atoms with Crippen molar-refractivity contribution in [2.24, 2.45) is 0 Å². The first kappa shape index (κ1) is 27.0. The number of imidazole rings is 2. The number of nitrogens with zero attached hydrogens (tertiary/aromatic N) is 6.